The maximum Gasteiger partial charge on any atom is 0.324 e. The number of rotatable bonds is 6. The van der Waals surface area contributed by atoms with Gasteiger partial charge in [-0.2, -0.15) is 0 Å². The molecule has 1 aliphatic heterocycles. The molecule has 3 rings (SSSR count). The van der Waals surface area contributed by atoms with Crippen LogP contribution in [-0.2, 0) is 4.79 Å². The Morgan fingerprint density at radius 3 is 2.33 bits per heavy atom. The molecule has 0 spiro atoms. The number of carbonyl (C=O) groups is 2. The van der Waals surface area contributed by atoms with Crippen LogP contribution in [0.15, 0.2) is 24.3 Å². The largest absolute Gasteiger partial charge is 0.336 e. The number of quaternary nitrogens is 1. The van der Waals surface area contributed by atoms with Gasteiger partial charge < -0.3 is 10.6 Å². The van der Waals surface area contributed by atoms with Crippen molar-refractivity contribution in [2.24, 2.45) is 5.92 Å². The topological polar surface area (TPSA) is 66.0 Å². The number of nitrogens with two attached hydrogens (primary N) is 1. The lowest BCUT2D eigenvalue weighted by molar-refractivity contribution is -0.719. The molecule has 2 atom stereocenters. The summed E-state index contributed by atoms with van der Waals surface area (Å²) in [7, 11) is 0. The minimum absolute atomic E-state index is 0.102. The van der Waals surface area contributed by atoms with Crippen LogP contribution in [0, 0.1) is 5.92 Å². The number of nitrogens with one attached hydrogen (secondary N) is 1. The second kappa shape index (κ2) is 8.87. The zero-order valence-corrected chi connectivity index (χ0v) is 16.9. The van der Waals surface area contributed by atoms with Gasteiger partial charge in [0.2, 0.25) is 0 Å². The maximum atomic E-state index is 12.6. The molecule has 0 aromatic heterocycles. The van der Waals surface area contributed by atoms with E-state index >= 15 is 0 Å². The van der Waals surface area contributed by atoms with Gasteiger partial charge in [-0.3, -0.25) is 9.69 Å². The van der Waals surface area contributed by atoms with Gasteiger partial charge in [0.15, 0.2) is 6.04 Å². The van der Waals surface area contributed by atoms with E-state index in [1.807, 2.05) is 6.92 Å². The number of urea groups is 1. The fourth-order valence-electron chi connectivity index (χ4n) is 4.47. The third-order valence-corrected chi connectivity index (χ3v) is 6.12. The quantitative estimate of drug-likeness (QED) is 0.806. The number of imide groups is 1. The number of nitrogens with zero attached hydrogens (tertiary/aromatic N) is 1. The third kappa shape index (κ3) is 4.70. The SMILES string of the molecule is CC(C)[C@@H]([NH2+][C@@H](C)C(=O)N1CCNC1=O)c1ccc(C2CCCCC2)cc1. The van der Waals surface area contributed by atoms with Crippen molar-refractivity contribution in [1.82, 2.24) is 10.2 Å². The van der Waals surface area contributed by atoms with Crippen molar-refractivity contribution < 1.29 is 14.9 Å². The zero-order valence-electron chi connectivity index (χ0n) is 16.9. The molecule has 3 N–H and O–H groups in total. The molecule has 27 heavy (non-hydrogen) atoms. The van der Waals surface area contributed by atoms with Crippen LogP contribution < -0.4 is 10.6 Å². The van der Waals surface area contributed by atoms with E-state index < -0.39 is 0 Å². The highest BCUT2D eigenvalue weighted by Gasteiger charge is 2.34. The molecule has 1 saturated carbocycles. The van der Waals surface area contributed by atoms with Crippen molar-refractivity contribution in [2.75, 3.05) is 13.1 Å². The van der Waals surface area contributed by atoms with Crippen LogP contribution >= 0.6 is 0 Å². The molecule has 0 radical (unpaired) electrons. The first kappa shape index (κ1) is 19.9. The average molecular weight is 373 g/mol. The van der Waals surface area contributed by atoms with Gasteiger partial charge in [0.05, 0.1) is 0 Å². The molecule has 148 valence electrons. The van der Waals surface area contributed by atoms with Crippen LogP contribution in [0.5, 0.6) is 0 Å². The van der Waals surface area contributed by atoms with E-state index in [1.54, 1.807) is 0 Å². The van der Waals surface area contributed by atoms with Gasteiger partial charge in [-0.25, -0.2) is 4.79 Å². The number of carbonyl (C=O) groups excluding carboxylic acids is 2. The van der Waals surface area contributed by atoms with E-state index in [0.717, 1.165) is 0 Å². The molecule has 0 bridgehead atoms. The zero-order chi connectivity index (χ0) is 19.4. The smallest absolute Gasteiger partial charge is 0.324 e. The van der Waals surface area contributed by atoms with Crippen LogP contribution in [0.1, 0.15) is 76.0 Å². The second-order valence-electron chi connectivity index (χ2n) is 8.47. The van der Waals surface area contributed by atoms with Crippen LogP contribution in [0.2, 0.25) is 0 Å². The van der Waals surface area contributed by atoms with Crippen LogP contribution in [0.3, 0.4) is 0 Å². The van der Waals surface area contributed by atoms with Gasteiger partial charge >= 0.3 is 6.03 Å². The summed E-state index contributed by atoms with van der Waals surface area (Å²) in [4.78, 5) is 25.8. The molecule has 5 nitrogen and oxygen atoms in total. The Hall–Kier alpha value is -1.88. The average Bonchev–Trinajstić information content (AvgIpc) is 3.12. The monoisotopic (exact) mass is 372 g/mol. The fourth-order valence-corrected chi connectivity index (χ4v) is 4.47. The Labute approximate surface area is 162 Å². The number of hydrogen-bond donors (Lipinski definition) is 2. The minimum Gasteiger partial charge on any atom is -0.336 e. The standard InChI is InChI=1S/C22H33N3O2/c1-15(2)20(24-16(3)21(26)25-14-13-23-22(25)27)19-11-9-18(10-12-19)17-7-5-4-6-8-17/h9-12,15-17,20,24H,4-8,13-14H2,1-3H3,(H,23,27)/p+1/t16-,20+/m0/s1. The van der Waals surface area contributed by atoms with E-state index in [2.05, 4.69) is 48.7 Å². The van der Waals surface area contributed by atoms with Crippen LogP contribution in [0.4, 0.5) is 4.79 Å². The molecule has 5 heteroatoms. The van der Waals surface area contributed by atoms with E-state index in [1.165, 1.54) is 48.1 Å². The van der Waals surface area contributed by atoms with Crippen molar-refractivity contribution in [3.8, 4) is 0 Å². The summed E-state index contributed by atoms with van der Waals surface area (Å²) in [5, 5.41) is 4.82. The Morgan fingerprint density at radius 2 is 1.78 bits per heavy atom. The normalized spacial score (nSPS) is 20.6. The number of benzene rings is 1. The summed E-state index contributed by atoms with van der Waals surface area (Å²) in [6.07, 6.45) is 6.68. The summed E-state index contributed by atoms with van der Waals surface area (Å²) < 4.78 is 0. The molecule has 1 heterocycles. The third-order valence-electron chi connectivity index (χ3n) is 6.12. The lowest BCUT2D eigenvalue weighted by Gasteiger charge is -2.26. The number of amides is 3. The van der Waals surface area contributed by atoms with Gasteiger partial charge in [-0.1, -0.05) is 57.4 Å². The molecule has 2 fully saturated rings. The summed E-state index contributed by atoms with van der Waals surface area (Å²) in [5.74, 6) is 1.01. The highest BCUT2D eigenvalue weighted by molar-refractivity contribution is 5.97. The van der Waals surface area contributed by atoms with Gasteiger partial charge in [-0.15, -0.1) is 0 Å². The van der Waals surface area contributed by atoms with E-state index in [0.29, 0.717) is 24.9 Å². The molecule has 1 aromatic rings. The summed E-state index contributed by atoms with van der Waals surface area (Å²) in [6, 6.07) is 8.71. The second-order valence-corrected chi connectivity index (χ2v) is 8.47. The van der Waals surface area contributed by atoms with Crippen molar-refractivity contribution in [2.45, 2.75) is 70.9 Å². The molecule has 1 aliphatic carbocycles. The Kier molecular flexibility index (Phi) is 6.53. The van der Waals surface area contributed by atoms with E-state index in [4.69, 9.17) is 0 Å². The predicted octanol–water partition coefficient (Wildman–Crippen LogP) is 2.94. The van der Waals surface area contributed by atoms with Crippen molar-refractivity contribution in [1.29, 1.82) is 0 Å². The Balaban J connectivity index is 1.67. The Morgan fingerprint density at radius 1 is 1.11 bits per heavy atom. The van der Waals surface area contributed by atoms with Crippen molar-refractivity contribution >= 4 is 11.9 Å². The summed E-state index contributed by atoms with van der Waals surface area (Å²) in [6.45, 7) is 7.30. The van der Waals surface area contributed by atoms with Crippen LogP contribution in [0.25, 0.3) is 0 Å². The van der Waals surface area contributed by atoms with Gasteiger partial charge in [-0.05, 0) is 31.2 Å². The highest BCUT2D eigenvalue weighted by atomic mass is 16.2. The predicted molar refractivity (Wildman–Crippen MR) is 106 cm³/mol. The molecule has 2 aliphatic rings. The fraction of sp³-hybridized carbons (Fsp3) is 0.636. The van der Waals surface area contributed by atoms with Crippen molar-refractivity contribution in [3.63, 3.8) is 0 Å². The summed E-state index contributed by atoms with van der Waals surface area (Å²) >= 11 is 0. The van der Waals surface area contributed by atoms with Gasteiger partial charge in [0, 0.05) is 24.6 Å². The van der Waals surface area contributed by atoms with Gasteiger partial charge in [0.25, 0.3) is 5.91 Å². The lowest BCUT2D eigenvalue weighted by Crippen LogP contribution is -2.93. The van der Waals surface area contributed by atoms with Crippen molar-refractivity contribution in [3.05, 3.63) is 35.4 Å². The van der Waals surface area contributed by atoms with E-state index in [-0.39, 0.29) is 24.0 Å². The maximum absolute atomic E-state index is 12.6. The first-order valence-corrected chi connectivity index (χ1v) is 10.5. The molecule has 1 aromatic carbocycles. The highest BCUT2D eigenvalue weighted by Crippen LogP contribution is 2.33. The van der Waals surface area contributed by atoms with Crippen LogP contribution in [-0.4, -0.2) is 36.0 Å². The molecule has 0 unspecified atom stereocenters. The first-order chi connectivity index (χ1) is 13.0. The van der Waals surface area contributed by atoms with Gasteiger partial charge in [0.1, 0.15) is 6.04 Å². The molecule has 3 amide bonds. The lowest BCUT2D eigenvalue weighted by atomic mass is 9.83. The molecule has 1 saturated heterocycles. The minimum atomic E-state index is -0.278. The molecular weight excluding hydrogens is 338 g/mol. The summed E-state index contributed by atoms with van der Waals surface area (Å²) in [5.41, 5.74) is 2.72. The first-order valence-electron chi connectivity index (χ1n) is 10.5. The van der Waals surface area contributed by atoms with E-state index in [9.17, 15) is 9.59 Å². The molecular formula is C22H34N3O2+. The Bertz CT molecular complexity index is 650. The number of hydrogen-bond acceptors (Lipinski definition) is 2.